The van der Waals surface area contributed by atoms with E-state index in [-0.39, 0.29) is 16.8 Å². The molecule has 0 aliphatic heterocycles. The van der Waals surface area contributed by atoms with Gasteiger partial charge < -0.3 is 4.90 Å². The molecule has 5 nitrogen and oxygen atoms in total. The maximum absolute atomic E-state index is 13.0. The molecule has 1 aliphatic rings. The van der Waals surface area contributed by atoms with E-state index < -0.39 is 10.0 Å². The summed E-state index contributed by atoms with van der Waals surface area (Å²) in [5.41, 5.74) is 5.40. The molecule has 0 radical (unpaired) electrons. The Morgan fingerprint density at radius 3 is 2.42 bits per heavy atom. The number of amides is 1. The third-order valence-electron chi connectivity index (χ3n) is 6.15. The van der Waals surface area contributed by atoms with E-state index in [1.54, 1.807) is 23.1 Å². The number of benzene rings is 3. The van der Waals surface area contributed by atoms with E-state index in [4.69, 9.17) is 0 Å². The van der Waals surface area contributed by atoms with E-state index in [1.807, 2.05) is 45.2 Å². The number of sulfonamides is 1. The van der Waals surface area contributed by atoms with Crippen LogP contribution in [0, 0.1) is 13.8 Å². The van der Waals surface area contributed by atoms with Gasteiger partial charge in [0.25, 0.3) is 15.9 Å². The lowest BCUT2D eigenvalue weighted by Crippen LogP contribution is -2.30. The highest BCUT2D eigenvalue weighted by atomic mass is 32.2. The standard InChI is InChI=1S/C25H26N2O3S/c1-17-7-6-10-23(18(17)2)26-31(29,30)21-14-11-20(12-15-21)25(28)27(3)24-16-13-19-8-4-5-9-22(19)24/h4-12,14-15,24,26H,13,16H2,1-3H3. The van der Waals surface area contributed by atoms with Gasteiger partial charge in [-0.1, -0.05) is 36.4 Å². The monoisotopic (exact) mass is 434 g/mol. The lowest BCUT2D eigenvalue weighted by Gasteiger charge is -2.25. The third kappa shape index (κ3) is 4.08. The number of nitrogens with zero attached hydrogens (tertiary/aromatic N) is 1. The zero-order valence-corrected chi connectivity index (χ0v) is 18.7. The van der Waals surface area contributed by atoms with Crippen LogP contribution >= 0.6 is 0 Å². The molecule has 0 fully saturated rings. The normalized spacial score (nSPS) is 15.4. The number of rotatable bonds is 5. The van der Waals surface area contributed by atoms with E-state index in [9.17, 15) is 13.2 Å². The highest BCUT2D eigenvalue weighted by molar-refractivity contribution is 7.92. The Hall–Kier alpha value is -3.12. The number of aryl methyl sites for hydroxylation is 2. The highest BCUT2D eigenvalue weighted by Crippen LogP contribution is 2.35. The van der Waals surface area contributed by atoms with Crippen molar-refractivity contribution in [2.45, 2.75) is 37.6 Å². The van der Waals surface area contributed by atoms with E-state index >= 15 is 0 Å². The molecule has 6 heteroatoms. The summed E-state index contributed by atoms with van der Waals surface area (Å²) >= 11 is 0. The smallest absolute Gasteiger partial charge is 0.261 e. The largest absolute Gasteiger partial charge is 0.335 e. The molecule has 0 saturated heterocycles. The summed E-state index contributed by atoms with van der Waals surface area (Å²) in [5.74, 6) is -0.117. The van der Waals surface area contributed by atoms with E-state index in [0.717, 1.165) is 24.0 Å². The summed E-state index contributed by atoms with van der Waals surface area (Å²) in [6.07, 6.45) is 1.85. The molecule has 0 bridgehead atoms. The summed E-state index contributed by atoms with van der Waals surface area (Å²) in [4.78, 5) is 14.9. The van der Waals surface area contributed by atoms with Crippen LogP contribution in [0.15, 0.2) is 71.6 Å². The first-order chi connectivity index (χ1) is 14.8. The number of anilines is 1. The van der Waals surface area contributed by atoms with Crippen molar-refractivity contribution in [1.29, 1.82) is 0 Å². The maximum Gasteiger partial charge on any atom is 0.261 e. The average Bonchev–Trinajstić information content (AvgIpc) is 3.20. The molecular formula is C25H26N2O3S. The van der Waals surface area contributed by atoms with Crippen molar-refractivity contribution in [1.82, 2.24) is 4.90 Å². The van der Waals surface area contributed by atoms with Crippen LogP contribution in [0.4, 0.5) is 5.69 Å². The molecule has 0 heterocycles. The van der Waals surface area contributed by atoms with Gasteiger partial charge in [-0.25, -0.2) is 8.42 Å². The third-order valence-corrected chi connectivity index (χ3v) is 7.53. The highest BCUT2D eigenvalue weighted by Gasteiger charge is 2.29. The zero-order valence-electron chi connectivity index (χ0n) is 17.9. The first kappa shape index (κ1) is 21.1. The van der Waals surface area contributed by atoms with Crippen LogP contribution in [0.2, 0.25) is 0 Å². The summed E-state index contributed by atoms with van der Waals surface area (Å²) in [6.45, 7) is 3.82. The van der Waals surface area contributed by atoms with Crippen molar-refractivity contribution in [3.63, 3.8) is 0 Å². The fraction of sp³-hybridized carbons (Fsp3) is 0.240. The molecule has 0 spiro atoms. The molecule has 1 amide bonds. The number of hydrogen-bond donors (Lipinski definition) is 1. The van der Waals surface area contributed by atoms with E-state index in [2.05, 4.69) is 16.9 Å². The molecule has 1 atom stereocenters. The predicted molar refractivity (Wildman–Crippen MR) is 123 cm³/mol. The Kier molecular flexibility index (Phi) is 5.58. The van der Waals surface area contributed by atoms with Crippen molar-refractivity contribution in [2.75, 3.05) is 11.8 Å². The summed E-state index contributed by atoms with van der Waals surface area (Å²) in [5, 5.41) is 0. The van der Waals surface area contributed by atoms with Crippen LogP contribution in [0.25, 0.3) is 0 Å². The second kappa shape index (κ2) is 8.19. The number of carbonyl (C=O) groups is 1. The van der Waals surface area contributed by atoms with Crippen molar-refractivity contribution in [3.8, 4) is 0 Å². The summed E-state index contributed by atoms with van der Waals surface area (Å²) in [6, 6.07) is 19.9. The first-order valence-electron chi connectivity index (χ1n) is 10.3. The van der Waals surface area contributed by atoms with Gasteiger partial charge in [0, 0.05) is 12.6 Å². The van der Waals surface area contributed by atoms with Gasteiger partial charge in [0.1, 0.15) is 0 Å². The molecule has 31 heavy (non-hydrogen) atoms. The first-order valence-corrected chi connectivity index (χ1v) is 11.8. The van der Waals surface area contributed by atoms with Crippen LogP contribution in [-0.2, 0) is 16.4 Å². The molecule has 1 unspecified atom stereocenters. The van der Waals surface area contributed by atoms with Crippen molar-refractivity contribution >= 4 is 21.6 Å². The van der Waals surface area contributed by atoms with Gasteiger partial charge in [-0.15, -0.1) is 0 Å². The van der Waals surface area contributed by atoms with Gasteiger partial charge in [-0.3, -0.25) is 9.52 Å². The molecule has 160 valence electrons. The van der Waals surface area contributed by atoms with Gasteiger partial charge in [0.2, 0.25) is 0 Å². The fourth-order valence-corrected chi connectivity index (χ4v) is 5.25. The van der Waals surface area contributed by atoms with Gasteiger partial charge >= 0.3 is 0 Å². The van der Waals surface area contributed by atoms with Gasteiger partial charge in [-0.05, 0) is 79.3 Å². The lowest BCUT2D eigenvalue weighted by molar-refractivity contribution is 0.0730. The SMILES string of the molecule is Cc1cccc(NS(=O)(=O)c2ccc(C(=O)N(C)C3CCc4ccccc43)cc2)c1C. The van der Waals surface area contributed by atoms with E-state index in [1.165, 1.54) is 23.3 Å². The number of hydrogen-bond acceptors (Lipinski definition) is 3. The van der Waals surface area contributed by atoms with Crippen LogP contribution in [0.3, 0.4) is 0 Å². The lowest BCUT2D eigenvalue weighted by atomic mass is 10.1. The van der Waals surface area contributed by atoms with Crippen LogP contribution in [0.5, 0.6) is 0 Å². The number of fused-ring (bicyclic) bond motifs is 1. The molecule has 0 aromatic heterocycles. The Morgan fingerprint density at radius 2 is 1.68 bits per heavy atom. The molecule has 3 aromatic rings. The number of nitrogens with one attached hydrogen (secondary N) is 1. The Labute approximate surface area is 183 Å². The van der Waals surface area contributed by atoms with Crippen LogP contribution in [0.1, 0.15) is 45.1 Å². The zero-order chi connectivity index (χ0) is 22.2. The molecule has 4 rings (SSSR count). The van der Waals surface area contributed by atoms with Crippen molar-refractivity contribution in [3.05, 3.63) is 94.5 Å². The van der Waals surface area contributed by atoms with Crippen LogP contribution < -0.4 is 4.72 Å². The molecule has 3 aromatic carbocycles. The molecular weight excluding hydrogens is 408 g/mol. The molecule has 1 N–H and O–H groups in total. The minimum absolute atomic E-state index is 0.0399. The molecule has 0 saturated carbocycles. The molecule has 1 aliphatic carbocycles. The summed E-state index contributed by atoms with van der Waals surface area (Å²) in [7, 11) is -1.94. The number of carbonyl (C=O) groups excluding carboxylic acids is 1. The summed E-state index contributed by atoms with van der Waals surface area (Å²) < 4.78 is 28.3. The minimum atomic E-state index is -3.75. The van der Waals surface area contributed by atoms with Crippen molar-refractivity contribution < 1.29 is 13.2 Å². The van der Waals surface area contributed by atoms with E-state index in [0.29, 0.717) is 11.3 Å². The topological polar surface area (TPSA) is 66.5 Å². The van der Waals surface area contributed by atoms with Gasteiger partial charge in [0.15, 0.2) is 0 Å². The van der Waals surface area contributed by atoms with Crippen molar-refractivity contribution in [2.24, 2.45) is 0 Å². The second-order valence-electron chi connectivity index (χ2n) is 8.05. The Morgan fingerprint density at radius 1 is 0.968 bits per heavy atom. The quantitative estimate of drug-likeness (QED) is 0.623. The van der Waals surface area contributed by atoms with Gasteiger partial charge in [0.05, 0.1) is 16.6 Å². The average molecular weight is 435 g/mol. The second-order valence-corrected chi connectivity index (χ2v) is 9.73. The Balaban J connectivity index is 1.52. The predicted octanol–water partition coefficient (Wildman–Crippen LogP) is 4.86. The maximum atomic E-state index is 13.0. The Bertz CT molecular complexity index is 1230. The minimum Gasteiger partial charge on any atom is -0.335 e. The fourth-order valence-electron chi connectivity index (χ4n) is 4.12. The van der Waals surface area contributed by atoms with Gasteiger partial charge in [-0.2, -0.15) is 0 Å². The van der Waals surface area contributed by atoms with Crippen LogP contribution in [-0.4, -0.2) is 26.3 Å².